The number of rotatable bonds is 5. The second kappa shape index (κ2) is 6.62. The Labute approximate surface area is 139 Å². The van der Waals surface area contributed by atoms with E-state index in [4.69, 9.17) is 27.0 Å². The maximum Gasteiger partial charge on any atom is 0.262 e. The molecule has 0 bridgehead atoms. The molecule has 1 saturated heterocycles. The molecule has 1 aliphatic heterocycles. The summed E-state index contributed by atoms with van der Waals surface area (Å²) < 4.78 is 55.4. The summed E-state index contributed by atoms with van der Waals surface area (Å²) in [6.07, 6.45) is 1.45. The van der Waals surface area contributed by atoms with Gasteiger partial charge in [-0.25, -0.2) is 21.6 Å². The van der Waals surface area contributed by atoms with Crippen LogP contribution in [0.25, 0.3) is 0 Å². The summed E-state index contributed by atoms with van der Waals surface area (Å²) in [6.45, 7) is 2.30. The van der Waals surface area contributed by atoms with Crippen LogP contribution in [0, 0.1) is 0 Å². The Balaban J connectivity index is 2.29. The van der Waals surface area contributed by atoms with Crippen LogP contribution >= 0.6 is 22.3 Å². The Morgan fingerprint density at radius 1 is 1.32 bits per heavy atom. The van der Waals surface area contributed by atoms with Crippen molar-refractivity contribution in [3.05, 3.63) is 23.2 Å². The first-order chi connectivity index (χ1) is 10.1. The van der Waals surface area contributed by atoms with Crippen LogP contribution in [-0.2, 0) is 23.8 Å². The summed E-state index contributed by atoms with van der Waals surface area (Å²) in [5.74, 6) is 0. The Hall–Kier alpha value is -0.380. The van der Waals surface area contributed by atoms with Crippen molar-refractivity contribution in [2.75, 3.05) is 6.61 Å². The summed E-state index contributed by atoms with van der Waals surface area (Å²) in [4.78, 5) is -0.663. The van der Waals surface area contributed by atoms with E-state index in [1.54, 1.807) is 6.92 Å². The number of hydrogen-bond donors (Lipinski definition) is 1. The molecule has 2 atom stereocenters. The fourth-order valence-electron chi connectivity index (χ4n) is 2.22. The predicted octanol–water partition coefficient (Wildman–Crippen LogP) is 2.11. The van der Waals surface area contributed by atoms with Gasteiger partial charge in [0.15, 0.2) is 0 Å². The van der Waals surface area contributed by atoms with Gasteiger partial charge in [-0.1, -0.05) is 11.6 Å². The normalized spacial score (nSPS) is 21.0. The van der Waals surface area contributed by atoms with Gasteiger partial charge >= 0.3 is 0 Å². The van der Waals surface area contributed by atoms with E-state index in [1.165, 1.54) is 12.1 Å². The van der Waals surface area contributed by atoms with Gasteiger partial charge in [-0.05, 0) is 38.0 Å². The van der Waals surface area contributed by atoms with Gasteiger partial charge in [0.1, 0.15) is 4.90 Å². The minimum absolute atomic E-state index is 0.138. The van der Waals surface area contributed by atoms with Crippen molar-refractivity contribution in [1.29, 1.82) is 0 Å². The Bertz CT molecular complexity index is 758. The highest BCUT2D eigenvalue weighted by atomic mass is 35.7. The largest absolute Gasteiger partial charge is 0.377 e. The molecule has 1 aliphatic rings. The average molecular weight is 388 g/mol. The molecular formula is C12H15Cl2NO5S2. The Kier molecular flexibility index (Phi) is 5.41. The minimum Gasteiger partial charge on any atom is -0.377 e. The highest BCUT2D eigenvalue weighted by Gasteiger charge is 2.28. The molecule has 22 heavy (non-hydrogen) atoms. The fourth-order valence-corrected chi connectivity index (χ4v) is 5.09. The molecule has 0 spiro atoms. The second-order valence-electron chi connectivity index (χ2n) is 4.99. The summed E-state index contributed by atoms with van der Waals surface area (Å²) in [7, 11) is -2.80. The van der Waals surface area contributed by atoms with Crippen molar-refractivity contribution in [2.45, 2.75) is 41.7 Å². The zero-order valence-corrected chi connectivity index (χ0v) is 14.8. The SMILES string of the molecule is CC(NS(=O)(=O)c1ccc(Cl)c(S(=O)(=O)Cl)c1)C1CCCO1. The van der Waals surface area contributed by atoms with E-state index >= 15 is 0 Å². The van der Waals surface area contributed by atoms with E-state index in [9.17, 15) is 16.8 Å². The molecule has 1 heterocycles. The maximum atomic E-state index is 12.3. The molecule has 124 valence electrons. The van der Waals surface area contributed by atoms with Crippen LogP contribution in [0.3, 0.4) is 0 Å². The summed E-state index contributed by atoms with van der Waals surface area (Å²) in [5, 5.41) is -0.138. The molecule has 1 fully saturated rings. The van der Waals surface area contributed by atoms with Gasteiger partial charge in [-0.2, -0.15) is 0 Å². The minimum atomic E-state index is -4.14. The number of benzene rings is 1. The molecule has 0 amide bonds. The molecule has 1 aromatic carbocycles. The summed E-state index contributed by atoms with van der Waals surface area (Å²) >= 11 is 5.74. The first-order valence-electron chi connectivity index (χ1n) is 6.49. The van der Waals surface area contributed by atoms with Gasteiger partial charge in [0, 0.05) is 23.3 Å². The number of nitrogens with one attached hydrogen (secondary N) is 1. The molecule has 0 aliphatic carbocycles. The average Bonchev–Trinajstić information content (AvgIpc) is 2.90. The summed E-state index contributed by atoms with van der Waals surface area (Å²) in [5.41, 5.74) is 0. The zero-order valence-electron chi connectivity index (χ0n) is 11.6. The van der Waals surface area contributed by atoms with Crippen LogP contribution in [0.1, 0.15) is 19.8 Å². The molecule has 6 nitrogen and oxygen atoms in total. The number of hydrogen-bond acceptors (Lipinski definition) is 5. The van der Waals surface area contributed by atoms with Crippen molar-refractivity contribution in [3.8, 4) is 0 Å². The Morgan fingerprint density at radius 3 is 2.55 bits per heavy atom. The fraction of sp³-hybridized carbons (Fsp3) is 0.500. The van der Waals surface area contributed by atoms with Gasteiger partial charge < -0.3 is 4.74 Å². The first-order valence-corrected chi connectivity index (χ1v) is 10.7. The molecular weight excluding hydrogens is 373 g/mol. The van der Waals surface area contributed by atoms with Crippen LogP contribution in [0.4, 0.5) is 0 Å². The lowest BCUT2D eigenvalue weighted by atomic mass is 10.1. The lowest BCUT2D eigenvalue weighted by molar-refractivity contribution is 0.0902. The van der Waals surface area contributed by atoms with Crippen molar-refractivity contribution in [3.63, 3.8) is 0 Å². The molecule has 0 saturated carbocycles. The first kappa shape index (κ1) is 18.0. The quantitative estimate of drug-likeness (QED) is 0.781. The van der Waals surface area contributed by atoms with Crippen LogP contribution in [-0.4, -0.2) is 35.6 Å². The predicted molar refractivity (Wildman–Crippen MR) is 83.2 cm³/mol. The molecule has 1 N–H and O–H groups in total. The van der Waals surface area contributed by atoms with E-state index in [0.29, 0.717) is 6.61 Å². The monoisotopic (exact) mass is 387 g/mol. The molecule has 1 aromatic rings. The van der Waals surface area contributed by atoms with Crippen molar-refractivity contribution in [2.24, 2.45) is 0 Å². The highest BCUT2D eigenvalue weighted by molar-refractivity contribution is 8.13. The van der Waals surface area contributed by atoms with Crippen molar-refractivity contribution in [1.82, 2.24) is 4.72 Å². The second-order valence-corrected chi connectivity index (χ2v) is 9.65. The summed E-state index contributed by atoms with van der Waals surface area (Å²) in [6, 6.07) is 2.91. The molecule has 10 heteroatoms. The van der Waals surface area contributed by atoms with Crippen LogP contribution in [0.15, 0.2) is 28.0 Å². The molecule has 0 aromatic heterocycles. The maximum absolute atomic E-state index is 12.3. The van der Waals surface area contributed by atoms with Gasteiger partial charge in [-0.15, -0.1) is 0 Å². The standard InChI is InChI=1S/C12H15Cl2NO5S2/c1-8(11-3-2-6-20-11)15-22(18,19)9-4-5-10(13)12(7-9)21(14,16)17/h4-5,7-8,11,15H,2-3,6H2,1H3. The van der Waals surface area contributed by atoms with Crippen LogP contribution in [0.2, 0.25) is 5.02 Å². The van der Waals surface area contributed by atoms with Gasteiger partial charge in [0.2, 0.25) is 10.0 Å². The van der Waals surface area contributed by atoms with Crippen molar-refractivity contribution >= 4 is 41.4 Å². The van der Waals surface area contributed by atoms with Crippen molar-refractivity contribution < 1.29 is 21.6 Å². The highest BCUT2D eigenvalue weighted by Crippen LogP contribution is 2.27. The van der Waals surface area contributed by atoms with E-state index in [1.807, 2.05) is 0 Å². The number of halogens is 2. The third-order valence-electron chi connectivity index (χ3n) is 3.34. The molecule has 2 rings (SSSR count). The third kappa shape index (κ3) is 4.12. The Morgan fingerprint density at radius 2 is 2.00 bits per heavy atom. The molecule has 0 radical (unpaired) electrons. The van der Waals surface area contributed by atoms with E-state index in [0.717, 1.165) is 18.9 Å². The number of sulfonamides is 1. The van der Waals surface area contributed by atoms with E-state index in [-0.39, 0.29) is 16.0 Å². The van der Waals surface area contributed by atoms with Crippen LogP contribution < -0.4 is 4.72 Å². The molecule has 2 unspecified atom stereocenters. The number of ether oxygens (including phenoxy) is 1. The van der Waals surface area contributed by atoms with E-state index < -0.39 is 30.0 Å². The van der Waals surface area contributed by atoms with Gasteiger partial charge in [-0.3, -0.25) is 0 Å². The topological polar surface area (TPSA) is 89.5 Å². The lowest BCUT2D eigenvalue weighted by Crippen LogP contribution is -2.40. The van der Waals surface area contributed by atoms with Crippen LogP contribution in [0.5, 0.6) is 0 Å². The van der Waals surface area contributed by atoms with Gasteiger partial charge in [0.05, 0.1) is 16.0 Å². The van der Waals surface area contributed by atoms with E-state index in [2.05, 4.69) is 4.72 Å². The zero-order chi connectivity index (χ0) is 16.5. The lowest BCUT2D eigenvalue weighted by Gasteiger charge is -2.20. The third-order valence-corrected chi connectivity index (χ3v) is 6.70. The van der Waals surface area contributed by atoms with Gasteiger partial charge in [0.25, 0.3) is 9.05 Å². The smallest absolute Gasteiger partial charge is 0.262 e.